The topological polar surface area (TPSA) is 12.5 Å². The van der Waals surface area contributed by atoms with Gasteiger partial charge in [-0.2, -0.15) is 0 Å². The number of rotatable bonds is 3. The molecule has 1 nitrogen and oxygen atoms in total. The molecule has 1 fully saturated rings. The molecule has 0 aromatic heterocycles. The van der Waals surface area contributed by atoms with E-state index < -0.39 is 0 Å². The summed E-state index contributed by atoms with van der Waals surface area (Å²) in [5, 5.41) is 0. The van der Waals surface area contributed by atoms with Gasteiger partial charge < -0.3 is 4.74 Å². The standard InChI is InChI=1S/C7H14O/c1-3-4-6(2)7-5-8-7/h6-7H,3-5H2,1-2H3. The lowest BCUT2D eigenvalue weighted by molar-refractivity contribution is 0.329. The maximum atomic E-state index is 5.12. The first-order chi connectivity index (χ1) is 3.84. The van der Waals surface area contributed by atoms with Crippen LogP contribution in [0.5, 0.6) is 0 Å². The van der Waals surface area contributed by atoms with Crippen molar-refractivity contribution in [3.63, 3.8) is 0 Å². The third-order valence-electron chi connectivity index (χ3n) is 1.74. The van der Waals surface area contributed by atoms with Crippen LogP contribution >= 0.6 is 0 Å². The highest BCUT2D eigenvalue weighted by Crippen LogP contribution is 2.23. The van der Waals surface area contributed by atoms with Gasteiger partial charge in [0.1, 0.15) is 0 Å². The van der Waals surface area contributed by atoms with E-state index in [0.717, 1.165) is 12.5 Å². The summed E-state index contributed by atoms with van der Waals surface area (Å²) in [5.41, 5.74) is 0. The maximum Gasteiger partial charge on any atom is 0.0835 e. The molecular weight excluding hydrogens is 100 g/mol. The van der Waals surface area contributed by atoms with Gasteiger partial charge in [0, 0.05) is 0 Å². The zero-order chi connectivity index (χ0) is 5.98. The van der Waals surface area contributed by atoms with Gasteiger partial charge in [-0.1, -0.05) is 20.3 Å². The fraction of sp³-hybridized carbons (Fsp3) is 1.00. The van der Waals surface area contributed by atoms with Gasteiger partial charge >= 0.3 is 0 Å². The second-order valence-electron chi connectivity index (χ2n) is 2.64. The molecule has 0 aliphatic carbocycles. The molecule has 0 aromatic rings. The summed E-state index contributed by atoms with van der Waals surface area (Å²) in [6.07, 6.45) is 3.24. The average Bonchev–Trinajstić information content (AvgIpc) is 2.45. The molecule has 2 unspecified atom stereocenters. The molecule has 1 aliphatic rings. The van der Waals surface area contributed by atoms with Gasteiger partial charge in [0.2, 0.25) is 0 Å². The maximum absolute atomic E-state index is 5.12. The minimum atomic E-state index is 0.620. The van der Waals surface area contributed by atoms with Gasteiger partial charge in [-0.25, -0.2) is 0 Å². The molecule has 1 rings (SSSR count). The van der Waals surface area contributed by atoms with Crippen LogP contribution in [0.4, 0.5) is 0 Å². The molecule has 0 saturated carbocycles. The number of epoxide rings is 1. The van der Waals surface area contributed by atoms with Crippen molar-refractivity contribution in [1.82, 2.24) is 0 Å². The van der Waals surface area contributed by atoms with Crippen LogP contribution in [-0.4, -0.2) is 12.7 Å². The second-order valence-corrected chi connectivity index (χ2v) is 2.64. The van der Waals surface area contributed by atoms with Crippen molar-refractivity contribution in [2.75, 3.05) is 6.61 Å². The monoisotopic (exact) mass is 114 g/mol. The summed E-state index contributed by atoms with van der Waals surface area (Å²) < 4.78 is 5.12. The van der Waals surface area contributed by atoms with Gasteiger partial charge in [-0.3, -0.25) is 0 Å². The fourth-order valence-electron chi connectivity index (χ4n) is 1.03. The molecular formula is C7H14O. The van der Waals surface area contributed by atoms with Crippen molar-refractivity contribution >= 4 is 0 Å². The van der Waals surface area contributed by atoms with Gasteiger partial charge in [0.25, 0.3) is 0 Å². The molecule has 2 atom stereocenters. The third-order valence-corrected chi connectivity index (χ3v) is 1.74. The van der Waals surface area contributed by atoms with Gasteiger partial charge in [-0.05, 0) is 12.3 Å². The second kappa shape index (κ2) is 2.49. The first-order valence-corrected chi connectivity index (χ1v) is 3.46. The van der Waals surface area contributed by atoms with Gasteiger partial charge in [0.05, 0.1) is 12.7 Å². The van der Waals surface area contributed by atoms with Crippen LogP contribution in [0.1, 0.15) is 26.7 Å². The van der Waals surface area contributed by atoms with E-state index in [0.29, 0.717) is 6.10 Å². The summed E-state index contributed by atoms with van der Waals surface area (Å²) >= 11 is 0. The first-order valence-electron chi connectivity index (χ1n) is 3.46. The van der Waals surface area contributed by atoms with Crippen molar-refractivity contribution in [3.05, 3.63) is 0 Å². The Hall–Kier alpha value is -0.0400. The predicted molar refractivity (Wildman–Crippen MR) is 33.8 cm³/mol. The zero-order valence-corrected chi connectivity index (χ0v) is 5.68. The lowest BCUT2D eigenvalue weighted by Gasteiger charge is -2.02. The number of ether oxygens (including phenoxy) is 1. The first kappa shape index (κ1) is 6.09. The normalized spacial score (nSPS) is 30.0. The molecule has 0 spiro atoms. The molecule has 8 heavy (non-hydrogen) atoms. The van der Waals surface area contributed by atoms with E-state index in [4.69, 9.17) is 4.74 Å². The van der Waals surface area contributed by atoms with Crippen molar-refractivity contribution in [3.8, 4) is 0 Å². The Morgan fingerprint density at radius 2 is 2.38 bits per heavy atom. The van der Waals surface area contributed by atoms with Crippen molar-refractivity contribution < 1.29 is 4.74 Å². The highest BCUT2D eigenvalue weighted by atomic mass is 16.6. The molecule has 1 heteroatoms. The van der Waals surface area contributed by atoms with Crippen molar-refractivity contribution in [1.29, 1.82) is 0 Å². The average molecular weight is 114 g/mol. The quantitative estimate of drug-likeness (QED) is 0.510. The largest absolute Gasteiger partial charge is 0.373 e. The highest BCUT2D eigenvalue weighted by molar-refractivity contribution is 4.74. The molecule has 48 valence electrons. The minimum absolute atomic E-state index is 0.620. The lowest BCUT2D eigenvalue weighted by atomic mass is 10.0. The van der Waals surface area contributed by atoms with Crippen LogP contribution in [0.15, 0.2) is 0 Å². The van der Waals surface area contributed by atoms with Crippen LogP contribution in [0.2, 0.25) is 0 Å². The molecule has 0 amide bonds. The highest BCUT2D eigenvalue weighted by Gasteiger charge is 2.28. The van der Waals surface area contributed by atoms with E-state index in [1.54, 1.807) is 0 Å². The molecule has 0 N–H and O–H groups in total. The number of hydrogen-bond acceptors (Lipinski definition) is 1. The minimum Gasteiger partial charge on any atom is -0.373 e. The fourth-order valence-corrected chi connectivity index (χ4v) is 1.03. The molecule has 0 radical (unpaired) electrons. The predicted octanol–water partition coefficient (Wildman–Crippen LogP) is 1.82. The number of hydrogen-bond donors (Lipinski definition) is 0. The summed E-state index contributed by atoms with van der Waals surface area (Å²) in [4.78, 5) is 0. The zero-order valence-electron chi connectivity index (χ0n) is 5.68. The Morgan fingerprint density at radius 3 is 2.75 bits per heavy atom. The van der Waals surface area contributed by atoms with E-state index in [9.17, 15) is 0 Å². The molecule has 0 aromatic carbocycles. The van der Waals surface area contributed by atoms with E-state index in [-0.39, 0.29) is 0 Å². The molecule has 1 heterocycles. The Labute approximate surface area is 51.0 Å². The van der Waals surface area contributed by atoms with Crippen LogP contribution in [-0.2, 0) is 4.74 Å². The Balaban J connectivity index is 2.03. The van der Waals surface area contributed by atoms with Crippen LogP contribution in [0, 0.1) is 5.92 Å². The van der Waals surface area contributed by atoms with Crippen molar-refractivity contribution in [2.45, 2.75) is 32.8 Å². The summed E-state index contributed by atoms with van der Waals surface area (Å²) in [7, 11) is 0. The smallest absolute Gasteiger partial charge is 0.0835 e. The van der Waals surface area contributed by atoms with Crippen LogP contribution < -0.4 is 0 Å². The Kier molecular flexibility index (Phi) is 1.90. The molecule has 0 bridgehead atoms. The van der Waals surface area contributed by atoms with E-state index in [1.165, 1.54) is 12.8 Å². The van der Waals surface area contributed by atoms with Crippen LogP contribution in [0.3, 0.4) is 0 Å². The van der Waals surface area contributed by atoms with E-state index in [1.807, 2.05) is 0 Å². The SMILES string of the molecule is CCCC(C)C1CO1. The molecule has 1 saturated heterocycles. The van der Waals surface area contributed by atoms with E-state index in [2.05, 4.69) is 13.8 Å². The summed E-state index contributed by atoms with van der Waals surface area (Å²) in [5.74, 6) is 0.806. The van der Waals surface area contributed by atoms with Gasteiger partial charge in [0.15, 0.2) is 0 Å². The summed E-state index contributed by atoms with van der Waals surface area (Å²) in [6, 6.07) is 0. The Morgan fingerprint density at radius 1 is 1.75 bits per heavy atom. The summed E-state index contributed by atoms with van der Waals surface area (Å²) in [6.45, 7) is 5.50. The van der Waals surface area contributed by atoms with Crippen LogP contribution in [0.25, 0.3) is 0 Å². The Bertz CT molecular complexity index is 66.8. The molecule has 1 aliphatic heterocycles. The third kappa shape index (κ3) is 1.48. The van der Waals surface area contributed by atoms with E-state index >= 15 is 0 Å². The van der Waals surface area contributed by atoms with Gasteiger partial charge in [-0.15, -0.1) is 0 Å². The lowest BCUT2D eigenvalue weighted by Crippen LogP contribution is -2.01. The van der Waals surface area contributed by atoms with Crippen molar-refractivity contribution in [2.24, 2.45) is 5.92 Å².